The van der Waals surface area contributed by atoms with Gasteiger partial charge in [0.2, 0.25) is 0 Å². The van der Waals surface area contributed by atoms with Crippen LogP contribution in [-0.2, 0) is 0 Å². The lowest BCUT2D eigenvalue weighted by Crippen LogP contribution is -1.91. The fraction of sp³-hybridized carbons (Fsp3) is 0.154. The van der Waals surface area contributed by atoms with Gasteiger partial charge in [-0.25, -0.2) is 0 Å². The van der Waals surface area contributed by atoms with Crippen molar-refractivity contribution in [2.24, 2.45) is 0 Å². The van der Waals surface area contributed by atoms with E-state index in [0.29, 0.717) is 13.2 Å². The van der Waals surface area contributed by atoms with E-state index in [0.717, 1.165) is 11.5 Å². The van der Waals surface area contributed by atoms with Crippen LogP contribution in [0.25, 0.3) is 43.1 Å². The molecule has 2 nitrogen and oxygen atoms in total. The Morgan fingerprint density at radius 3 is 1.25 bits per heavy atom. The second-order valence-corrected chi connectivity index (χ2v) is 7.02. The molecule has 0 N–H and O–H groups in total. The van der Waals surface area contributed by atoms with Crippen molar-refractivity contribution in [3.8, 4) is 11.5 Å². The van der Waals surface area contributed by atoms with E-state index in [-0.39, 0.29) is 0 Å². The molecule has 0 heterocycles. The molecular weight excluding hydrogens is 344 g/mol. The van der Waals surface area contributed by atoms with E-state index in [9.17, 15) is 0 Å². The van der Waals surface area contributed by atoms with Gasteiger partial charge < -0.3 is 9.47 Å². The molecule has 5 rings (SSSR count). The monoisotopic (exact) mass is 366 g/mol. The first kappa shape index (κ1) is 16.9. The van der Waals surface area contributed by atoms with Crippen LogP contribution in [0.4, 0.5) is 0 Å². The summed E-state index contributed by atoms with van der Waals surface area (Å²) in [7, 11) is 0. The Morgan fingerprint density at radius 2 is 0.821 bits per heavy atom. The first-order valence-corrected chi connectivity index (χ1v) is 9.86. The van der Waals surface area contributed by atoms with Crippen LogP contribution >= 0.6 is 0 Å². The Morgan fingerprint density at radius 1 is 0.464 bits per heavy atom. The molecule has 0 radical (unpaired) electrons. The van der Waals surface area contributed by atoms with Gasteiger partial charge in [0, 0.05) is 0 Å². The number of fused-ring (bicyclic) bond motifs is 7. The van der Waals surface area contributed by atoms with Crippen molar-refractivity contribution in [2.75, 3.05) is 13.2 Å². The van der Waals surface area contributed by atoms with Crippen LogP contribution in [0.2, 0.25) is 0 Å². The molecule has 0 aliphatic heterocycles. The van der Waals surface area contributed by atoms with E-state index < -0.39 is 0 Å². The van der Waals surface area contributed by atoms with Gasteiger partial charge >= 0.3 is 0 Å². The summed E-state index contributed by atoms with van der Waals surface area (Å²) in [5, 5.41) is 10.1. The molecular formula is C26H22O2. The number of hydrogen-bond donors (Lipinski definition) is 0. The molecule has 0 bridgehead atoms. The molecule has 5 aromatic carbocycles. The maximum absolute atomic E-state index is 5.66. The van der Waals surface area contributed by atoms with Gasteiger partial charge in [-0.15, -0.1) is 0 Å². The van der Waals surface area contributed by atoms with Crippen LogP contribution in [0, 0.1) is 0 Å². The van der Waals surface area contributed by atoms with Gasteiger partial charge in [0.05, 0.1) is 13.2 Å². The van der Waals surface area contributed by atoms with Crippen LogP contribution in [0.1, 0.15) is 13.8 Å². The highest BCUT2D eigenvalue weighted by molar-refractivity contribution is 6.22. The Balaban J connectivity index is 1.76. The Hall–Kier alpha value is -3.26. The molecule has 0 aromatic heterocycles. The van der Waals surface area contributed by atoms with Crippen LogP contribution in [0.3, 0.4) is 0 Å². The van der Waals surface area contributed by atoms with Crippen molar-refractivity contribution < 1.29 is 9.47 Å². The molecule has 5 aromatic rings. The highest BCUT2D eigenvalue weighted by Gasteiger charge is 2.08. The van der Waals surface area contributed by atoms with Crippen LogP contribution in [0.5, 0.6) is 11.5 Å². The van der Waals surface area contributed by atoms with Gasteiger partial charge in [0.15, 0.2) is 0 Å². The van der Waals surface area contributed by atoms with Gasteiger partial charge in [-0.2, -0.15) is 0 Å². The molecule has 0 fully saturated rings. The van der Waals surface area contributed by atoms with Crippen molar-refractivity contribution in [2.45, 2.75) is 13.8 Å². The maximum atomic E-state index is 5.66. The van der Waals surface area contributed by atoms with Crippen LogP contribution < -0.4 is 9.47 Å². The Kier molecular flexibility index (Phi) is 4.05. The van der Waals surface area contributed by atoms with Crippen LogP contribution in [-0.4, -0.2) is 13.2 Å². The molecule has 0 aliphatic rings. The number of hydrogen-bond acceptors (Lipinski definition) is 2. The fourth-order valence-corrected chi connectivity index (χ4v) is 4.17. The van der Waals surface area contributed by atoms with Gasteiger partial charge in [-0.05, 0) is 81.2 Å². The van der Waals surface area contributed by atoms with Gasteiger partial charge in [-0.3, -0.25) is 0 Å². The first-order chi connectivity index (χ1) is 13.8. The maximum Gasteiger partial charge on any atom is 0.119 e. The molecule has 0 atom stereocenters. The smallest absolute Gasteiger partial charge is 0.119 e. The SMILES string of the molecule is CCOc1ccc2c(ccc3c2ccc2c4ccc(OCC)cc4ccc23)c1. The van der Waals surface area contributed by atoms with Crippen molar-refractivity contribution in [1.82, 2.24) is 0 Å². The molecule has 0 aliphatic carbocycles. The van der Waals surface area contributed by atoms with Gasteiger partial charge in [0.25, 0.3) is 0 Å². The zero-order valence-corrected chi connectivity index (χ0v) is 16.2. The van der Waals surface area contributed by atoms with Crippen molar-refractivity contribution in [3.05, 3.63) is 72.8 Å². The summed E-state index contributed by atoms with van der Waals surface area (Å²) in [6.07, 6.45) is 0. The zero-order valence-electron chi connectivity index (χ0n) is 16.2. The molecule has 138 valence electrons. The summed E-state index contributed by atoms with van der Waals surface area (Å²) in [5.74, 6) is 1.84. The standard InChI is InChI=1S/C26H22O2/c1-3-27-19-7-11-21-17(15-19)5-9-25-23(21)13-14-24-22-12-8-20(28-4-2)16-18(22)6-10-26(24)25/h5-16H,3-4H2,1-2H3. The lowest BCUT2D eigenvalue weighted by Gasteiger charge is -2.12. The third-order valence-corrected chi connectivity index (χ3v) is 5.39. The number of ether oxygens (including phenoxy) is 2. The average Bonchev–Trinajstić information content (AvgIpc) is 2.73. The second-order valence-electron chi connectivity index (χ2n) is 7.02. The minimum absolute atomic E-state index is 0.682. The lowest BCUT2D eigenvalue weighted by atomic mass is 9.94. The zero-order chi connectivity index (χ0) is 19.1. The summed E-state index contributed by atoms with van der Waals surface area (Å²) in [6, 6.07) is 26.1. The topological polar surface area (TPSA) is 18.5 Å². The predicted octanol–water partition coefficient (Wildman–Crippen LogP) is 7.10. The average molecular weight is 366 g/mol. The summed E-state index contributed by atoms with van der Waals surface area (Å²) in [4.78, 5) is 0. The summed E-state index contributed by atoms with van der Waals surface area (Å²) in [5.41, 5.74) is 0. The molecule has 0 unspecified atom stereocenters. The fourth-order valence-electron chi connectivity index (χ4n) is 4.17. The van der Waals surface area contributed by atoms with Crippen LogP contribution in [0.15, 0.2) is 72.8 Å². The van der Waals surface area contributed by atoms with E-state index in [1.54, 1.807) is 0 Å². The third-order valence-electron chi connectivity index (χ3n) is 5.39. The summed E-state index contributed by atoms with van der Waals surface area (Å²) >= 11 is 0. The minimum Gasteiger partial charge on any atom is -0.494 e. The lowest BCUT2D eigenvalue weighted by molar-refractivity contribution is 0.340. The normalized spacial score (nSPS) is 11.5. The van der Waals surface area contributed by atoms with Gasteiger partial charge in [0.1, 0.15) is 11.5 Å². The third kappa shape index (κ3) is 2.65. The summed E-state index contributed by atoms with van der Waals surface area (Å²) in [6.45, 7) is 5.39. The largest absolute Gasteiger partial charge is 0.494 e. The molecule has 0 spiro atoms. The van der Waals surface area contributed by atoms with Crippen molar-refractivity contribution >= 4 is 43.1 Å². The number of rotatable bonds is 4. The minimum atomic E-state index is 0.682. The molecule has 0 amide bonds. The quantitative estimate of drug-likeness (QED) is 0.316. The highest BCUT2D eigenvalue weighted by Crippen LogP contribution is 2.36. The predicted molar refractivity (Wildman–Crippen MR) is 119 cm³/mol. The summed E-state index contributed by atoms with van der Waals surface area (Å²) < 4.78 is 11.3. The first-order valence-electron chi connectivity index (χ1n) is 9.86. The van der Waals surface area contributed by atoms with E-state index in [2.05, 4.69) is 72.8 Å². The Bertz CT molecular complexity index is 1230. The molecule has 0 saturated carbocycles. The molecule has 28 heavy (non-hydrogen) atoms. The van der Waals surface area contributed by atoms with Crippen molar-refractivity contribution in [3.63, 3.8) is 0 Å². The van der Waals surface area contributed by atoms with E-state index in [1.807, 2.05) is 13.8 Å². The Labute approximate surface area is 164 Å². The van der Waals surface area contributed by atoms with E-state index in [4.69, 9.17) is 9.47 Å². The second kappa shape index (κ2) is 6.72. The van der Waals surface area contributed by atoms with E-state index in [1.165, 1.54) is 43.1 Å². The highest BCUT2D eigenvalue weighted by atomic mass is 16.5. The van der Waals surface area contributed by atoms with E-state index >= 15 is 0 Å². The van der Waals surface area contributed by atoms with Gasteiger partial charge in [-0.1, -0.05) is 48.5 Å². The number of benzene rings is 5. The molecule has 0 saturated heterocycles. The van der Waals surface area contributed by atoms with Crippen molar-refractivity contribution in [1.29, 1.82) is 0 Å². The molecule has 2 heteroatoms.